The highest BCUT2D eigenvalue weighted by Gasteiger charge is 2.05. The lowest BCUT2D eigenvalue weighted by atomic mass is 10.2. The topological polar surface area (TPSA) is 3.24 Å². The SMILES string of the molecule is CC1[CH]N(C)C=C1. The zero-order valence-electron chi connectivity index (χ0n) is 4.76. The molecule has 1 atom stereocenters. The molecule has 0 aromatic carbocycles. The van der Waals surface area contributed by atoms with Gasteiger partial charge in [-0.15, -0.1) is 0 Å². The molecule has 1 nitrogen and oxygen atoms in total. The second-order valence-electron chi connectivity index (χ2n) is 2.02. The van der Waals surface area contributed by atoms with Gasteiger partial charge in [-0.25, -0.2) is 0 Å². The molecule has 1 rings (SSSR count). The third-order valence-corrected chi connectivity index (χ3v) is 1.10. The van der Waals surface area contributed by atoms with E-state index in [2.05, 4.69) is 30.6 Å². The van der Waals surface area contributed by atoms with Crippen LogP contribution >= 0.6 is 0 Å². The predicted octanol–water partition coefficient (Wildman–Crippen LogP) is 1.24. The van der Waals surface area contributed by atoms with Gasteiger partial charge in [0.15, 0.2) is 0 Å². The third-order valence-electron chi connectivity index (χ3n) is 1.10. The van der Waals surface area contributed by atoms with Crippen LogP contribution < -0.4 is 0 Å². The molecule has 1 aliphatic rings. The zero-order valence-corrected chi connectivity index (χ0v) is 4.76. The average Bonchev–Trinajstić information content (AvgIpc) is 1.87. The minimum Gasteiger partial charge on any atom is -0.375 e. The van der Waals surface area contributed by atoms with Crippen molar-refractivity contribution >= 4 is 0 Å². The Morgan fingerprint density at radius 1 is 1.57 bits per heavy atom. The molecule has 1 unspecified atom stereocenters. The smallest absolute Gasteiger partial charge is 0.0550 e. The molecule has 1 heteroatoms. The summed E-state index contributed by atoms with van der Waals surface area (Å²) >= 11 is 0. The fraction of sp³-hybridized carbons (Fsp3) is 0.500. The van der Waals surface area contributed by atoms with E-state index in [9.17, 15) is 0 Å². The highest BCUT2D eigenvalue weighted by atomic mass is 15.1. The summed E-state index contributed by atoms with van der Waals surface area (Å²) < 4.78 is 0. The first kappa shape index (κ1) is 4.69. The van der Waals surface area contributed by atoms with E-state index in [-0.39, 0.29) is 0 Å². The summed E-state index contributed by atoms with van der Waals surface area (Å²) in [5.74, 6) is 0.644. The molecule has 0 spiro atoms. The van der Waals surface area contributed by atoms with Crippen LogP contribution in [0.2, 0.25) is 0 Å². The van der Waals surface area contributed by atoms with Crippen LogP contribution in [0.3, 0.4) is 0 Å². The van der Waals surface area contributed by atoms with Crippen LogP contribution in [-0.4, -0.2) is 11.9 Å². The number of rotatable bonds is 0. The van der Waals surface area contributed by atoms with E-state index in [1.807, 2.05) is 7.05 Å². The van der Waals surface area contributed by atoms with Gasteiger partial charge < -0.3 is 4.90 Å². The van der Waals surface area contributed by atoms with E-state index < -0.39 is 0 Å². The first-order valence-corrected chi connectivity index (χ1v) is 2.54. The van der Waals surface area contributed by atoms with Crippen molar-refractivity contribution in [1.29, 1.82) is 0 Å². The van der Waals surface area contributed by atoms with Crippen molar-refractivity contribution < 1.29 is 0 Å². The lowest BCUT2D eigenvalue weighted by Gasteiger charge is -2.05. The van der Waals surface area contributed by atoms with E-state index in [1.165, 1.54) is 0 Å². The summed E-state index contributed by atoms with van der Waals surface area (Å²) in [6.45, 7) is 4.33. The summed E-state index contributed by atoms with van der Waals surface area (Å²) in [5, 5.41) is 0. The van der Waals surface area contributed by atoms with Gasteiger partial charge in [-0.2, -0.15) is 0 Å². The second kappa shape index (κ2) is 1.57. The molecule has 0 aromatic rings. The molecule has 0 fully saturated rings. The number of nitrogens with zero attached hydrogens (tertiary/aromatic N) is 1. The molecule has 1 aliphatic heterocycles. The number of hydrogen-bond donors (Lipinski definition) is 0. The highest BCUT2D eigenvalue weighted by Crippen LogP contribution is 2.12. The maximum absolute atomic E-state index is 2.17. The third kappa shape index (κ3) is 0.952. The highest BCUT2D eigenvalue weighted by molar-refractivity contribution is 5.01. The Balaban J connectivity index is 2.42. The normalized spacial score (nSPS) is 29.4. The van der Waals surface area contributed by atoms with Gasteiger partial charge in [-0.3, -0.25) is 0 Å². The van der Waals surface area contributed by atoms with E-state index >= 15 is 0 Å². The Bertz CT molecular complexity index is 76.2. The Morgan fingerprint density at radius 3 is 2.43 bits per heavy atom. The van der Waals surface area contributed by atoms with E-state index in [4.69, 9.17) is 0 Å². The first-order chi connectivity index (χ1) is 3.29. The average molecular weight is 96.2 g/mol. The van der Waals surface area contributed by atoms with Crippen molar-refractivity contribution in [1.82, 2.24) is 4.90 Å². The summed E-state index contributed by atoms with van der Waals surface area (Å²) in [7, 11) is 2.04. The fourth-order valence-corrected chi connectivity index (χ4v) is 0.742. The van der Waals surface area contributed by atoms with Gasteiger partial charge in [0.05, 0.1) is 6.54 Å². The van der Waals surface area contributed by atoms with Gasteiger partial charge >= 0.3 is 0 Å². The Hall–Kier alpha value is -0.460. The van der Waals surface area contributed by atoms with Gasteiger partial charge in [0.2, 0.25) is 0 Å². The Labute approximate surface area is 44.6 Å². The second-order valence-corrected chi connectivity index (χ2v) is 2.02. The Kier molecular flexibility index (Phi) is 1.05. The van der Waals surface area contributed by atoms with Gasteiger partial charge in [-0.05, 0) is 12.1 Å². The minimum absolute atomic E-state index is 0.644. The van der Waals surface area contributed by atoms with E-state index in [0.717, 1.165) is 0 Å². The maximum Gasteiger partial charge on any atom is 0.0550 e. The van der Waals surface area contributed by atoms with Crippen molar-refractivity contribution in [2.45, 2.75) is 6.92 Å². The van der Waals surface area contributed by atoms with Crippen LogP contribution in [0.5, 0.6) is 0 Å². The summed E-state index contributed by atoms with van der Waals surface area (Å²) in [4.78, 5) is 2.07. The van der Waals surface area contributed by atoms with Crippen LogP contribution in [0.4, 0.5) is 0 Å². The van der Waals surface area contributed by atoms with Crippen LogP contribution in [0, 0.1) is 12.5 Å². The zero-order chi connectivity index (χ0) is 5.28. The molecular formula is C6H10N. The largest absolute Gasteiger partial charge is 0.375 e. The van der Waals surface area contributed by atoms with Crippen LogP contribution in [0.15, 0.2) is 12.3 Å². The molecule has 0 saturated carbocycles. The van der Waals surface area contributed by atoms with Gasteiger partial charge in [-0.1, -0.05) is 13.0 Å². The Morgan fingerprint density at radius 2 is 2.29 bits per heavy atom. The molecule has 0 aliphatic carbocycles. The molecular weight excluding hydrogens is 86.1 g/mol. The van der Waals surface area contributed by atoms with Crippen LogP contribution in [0.1, 0.15) is 6.92 Å². The molecule has 0 saturated heterocycles. The fourth-order valence-electron chi connectivity index (χ4n) is 0.742. The molecule has 0 aromatic heterocycles. The monoisotopic (exact) mass is 96.1 g/mol. The lowest BCUT2D eigenvalue weighted by Crippen LogP contribution is -2.02. The molecule has 7 heavy (non-hydrogen) atoms. The summed E-state index contributed by atoms with van der Waals surface area (Å²) in [6.07, 6.45) is 4.24. The van der Waals surface area contributed by atoms with Crippen molar-refractivity contribution in [2.75, 3.05) is 7.05 Å². The van der Waals surface area contributed by atoms with Gasteiger partial charge in [0.25, 0.3) is 0 Å². The first-order valence-electron chi connectivity index (χ1n) is 2.54. The standard InChI is InChI=1S/C6H10N/c1-6-3-4-7(2)5-6/h3-6H,1-2H3. The van der Waals surface area contributed by atoms with Crippen molar-refractivity contribution in [3.63, 3.8) is 0 Å². The van der Waals surface area contributed by atoms with E-state index in [1.54, 1.807) is 0 Å². The van der Waals surface area contributed by atoms with E-state index in [0.29, 0.717) is 5.92 Å². The molecule has 0 bridgehead atoms. The van der Waals surface area contributed by atoms with Gasteiger partial charge in [0.1, 0.15) is 0 Å². The molecule has 0 N–H and O–H groups in total. The quantitative estimate of drug-likeness (QED) is 0.438. The van der Waals surface area contributed by atoms with Crippen LogP contribution in [0.25, 0.3) is 0 Å². The molecule has 1 radical (unpaired) electrons. The molecule has 39 valence electrons. The summed E-state index contributed by atoms with van der Waals surface area (Å²) in [6, 6.07) is 0. The predicted molar refractivity (Wildman–Crippen MR) is 30.4 cm³/mol. The van der Waals surface area contributed by atoms with Crippen molar-refractivity contribution in [2.24, 2.45) is 5.92 Å². The summed E-state index contributed by atoms with van der Waals surface area (Å²) in [5.41, 5.74) is 0. The molecule has 0 amide bonds. The number of hydrogen-bond acceptors (Lipinski definition) is 1. The minimum atomic E-state index is 0.644. The van der Waals surface area contributed by atoms with Crippen molar-refractivity contribution in [3.05, 3.63) is 18.8 Å². The van der Waals surface area contributed by atoms with Crippen molar-refractivity contribution in [3.8, 4) is 0 Å². The maximum atomic E-state index is 2.17. The lowest BCUT2D eigenvalue weighted by molar-refractivity contribution is 0.539. The molecule has 1 heterocycles. The van der Waals surface area contributed by atoms with Crippen LogP contribution in [-0.2, 0) is 0 Å². The van der Waals surface area contributed by atoms with Gasteiger partial charge in [0, 0.05) is 7.05 Å².